The second-order valence-corrected chi connectivity index (χ2v) is 27.4. The molecule has 0 radical (unpaired) electrons. The van der Waals surface area contributed by atoms with Crippen molar-refractivity contribution in [2.45, 2.75) is 181 Å². The lowest BCUT2D eigenvalue weighted by Crippen LogP contribution is -2.54. The van der Waals surface area contributed by atoms with Crippen LogP contribution in [0, 0.1) is 41.4 Å². The van der Waals surface area contributed by atoms with Gasteiger partial charge in [-0.05, 0) is 80.7 Å². The monoisotopic (exact) mass is 1300 g/mol. The molecule has 1 aromatic carbocycles. The number of ether oxygens (including phenoxy) is 5. The second-order valence-electron chi connectivity index (χ2n) is 25.7. The zero-order chi connectivity index (χ0) is 68.3. The third-order valence-corrected chi connectivity index (χ3v) is 18.8. The molecule has 23 nitrogen and oxygen atoms in total. The summed E-state index contributed by atoms with van der Waals surface area (Å²) in [6, 6.07) is 3.84. The number of hydrogen-bond acceptors (Lipinski definition) is 17. The number of Topliss-reactive ketones (excluding diaryl/α,β-unsaturated/α-hetero) is 3. The molecule has 0 bridgehead atoms. The molecule has 3 rings (SSSR count). The average Bonchev–Trinajstić information content (AvgIpc) is 1.88. The third-order valence-electron chi connectivity index (χ3n) is 17.6. The van der Waals surface area contributed by atoms with E-state index in [1.807, 2.05) is 74.4 Å². The summed E-state index contributed by atoms with van der Waals surface area (Å²) < 4.78 is 58.1. The van der Waals surface area contributed by atoms with Crippen LogP contribution in [-0.2, 0) is 89.0 Å². The van der Waals surface area contributed by atoms with Gasteiger partial charge in [0.25, 0.3) is 5.91 Å². The first-order valence-electron chi connectivity index (χ1n) is 32.4. The maximum atomic E-state index is 14.5. The maximum Gasteiger partial charge on any atom is 0.251 e. The van der Waals surface area contributed by atoms with Gasteiger partial charge in [-0.15, -0.1) is 0 Å². The molecule has 91 heavy (non-hydrogen) atoms. The first-order valence-corrected chi connectivity index (χ1v) is 34.0. The van der Waals surface area contributed by atoms with E-state index in [9.17, 15) is 51.6 Å². The quantitative estimate of drug-likeness (QED) is 0.0670. The Bertz CT molecular complexity index is 2680. The molecule has 514 valence electrons. The van der Waals surface area contributed by atoms with E-state index in [1.165, 1.54) is 37.3 Å². The summed E-state index contributed by atoms with van der Waals surface area (Å²) in [5, 5.41) is 2.88. The summed E-state index contributed by atoms with van der Waals surface area (Å²) in [5.41, 5.74) is 6.84. The standard InChI is InChI=1S/C67H109N7O16S/c1-16-46(8)63(72(13)67(83)53(44(4)5)40-57(77)62(45(6)7)71(11)12)58(86-14)41-61(80)74-30-19-21-55(74)64(87-15)48(10)65(81)70-91(84,85)42-50-26-24-49(25-27-50)38-56(76)54(20-17-18-22-59(68)78)69-66(82)52(43(2)3)39-51(75)29-32-88-34-36-90-37-35-89-33-31-73-47(9)23-28-60(73)79/h23-28,43-46,48,52-55,58,62-64H,9,16-22,29-42H2,1-8,10-15H3,(H2,68,78)(H,69,82)(H,70,81)/t46-,48+,52-,53-,54-,55-,58+,62-,63-,64+/m0/s1. The Morgan fingerprint density at radius 2 is 1.34 bits per heavy atom. The van der Waals surface area contributed by atoms with Gasteiger partial charge in [0.15, 0.2) is 11.6 Å². The van der Waals surface area contributed by atoms with Gasteiger partial charge in [0.2, 0.25) is 39.6 Å². The lowest BCUT2D eigenvalue weighted by Gasteiger charge is -2.41. The van der Waals surface area contributed by atoms with Gasteiger partial charge in [-0.2, -0.15) is 0 Å². The predicted octanol–water partition coefficient (Wildman–Crippen LogP) is 5.60. The lowest BCUT2D eigenvalue weighted by molar-refractivity contribution is -0.149. The Morgan fingerprint density at radius 3 is 1.88 bits per heavy atom. The number of likely N-dealkylation sites (tertiary alicyclic amines) is 1. The average molecular weight is 1300 g/mol. The van der Waals surface area contributed by atoms with Crippen molar-refractivity contribution in [1.82, 2.24) is 29.6 Å². The van der Waals surface area contributed by atoms with E-state index in [-0.39, 0.29) is 130 Å². The molecule has 1 aromatic rings. The smallest absolute Gasteiger partial charge is 0.251 e. The second kappa shape index (κ2) is 39.7. The number of sulfonamides is 1. The van der Waals surface area contributed by atoms with E-state index < -0.39 is 81.6 Å². The number of rotatable bonds is 46. The van der Waals surface area contributed by atoms with Crippen molar-refractivity contribution in [2.24, 2.45) is 47.2 Å². The summed E-state index contributed by atoms with van der Waals surface area (Å²) >= 11 is 0. The van der Waals surface area contributed by atoms with Crippen LogP contribution in [0.1, 0.15) is 144 Å². The van der Waals surface area contributed by atoms with Gasteiger partial charge in [-0.25, -0.2) is 8.42 Å². The van der Waals surface area contributed by atoms with Crippen LogP contribution in [0.15, 0.2) is 48.7 Å². The number of hydrogen-bond donors (Lipinski definition) is 3. The molecule has 10 atom stereocenters. The van der Waals surface area contributed by atoms with Crippen LogP contribution < -0.4 is 15.8 Å². The number of likely N-dealkylation sites (N-methyl/N-ethyl adjacent to an activating group) is 2. The summed E-state index contributed by atoms with van der Waals surface area (Å²) in [6.45, 7) is 23.2. The van der Waals surface area contributed by atoms with Gasteiger partial charge in [0, 0.05) is 90.1 Å². The van der Waals surface area contributed by atoms with Crippen LogP contribution in [0.3, 0.4) is 0 Å². The van der Waals surface area contributed by atoms with Crippen molar-refractivity contribution in [2.75, 3.05) is 88.1 Å². The van der Waals surface area contributed by atoms with Gasteiger partial charge >= 0.3 is 0 Å². The van der Waals surface area contributed by atoms with Crippen molar-refractivity contribution in [3.05, 3.63) is 59.8 Å². The van der Waals surface area contributed by atoms with Crippen molar-refractivity contribution in [1.29, 1.82) is 0 Å². The van der Waals surface area contributed by atoms with Crippen molar-refractivity contribution < 1.29 is 75.3 Å². The molecular weight excluding hydrogens is 1190 g/mol. The highest BCUT2D eigenvalue weighted by Crippen LogP contribution is 2.32. The number of amides is 6. The Hall–Kier alpha value is -5.76. The third kappa shape index (κ3) is 25.9. The van der Waals surface area contributed by atoms with Gasteiger partial charge in [0.05, 0.1) is 94.1 Å². The van der Waals surface area contributed by atoms with Crippen LogP contribution in [0.5, 0.6) is 0 Å². The van der Waals surface area contributed by atoms with Gasteiger partial charge in [0.1, 0.15) is 5.78 Å². The molecular formula is C67H109N7O16S. The van der Waals surface area contributed by atoms with Crippen molar-refractivity contribution >= 4 is 62.8 Å². The fraction of sp³-hybridized carbons (Fsp3) is 0.716. The largest absolute Gasteiger partial charge is 0.379 e. The number of carbonyl (C=O) groups is 9. The number of benzene rings is 1. The van der Waals surface area contributed by atoms with Crippen LogP contribution in [-0.4, -0.2) is 205 Å². The Balaban J connectivity index is 1.61. The van der Waals surface area contributed by atoms with E-state index in [2.05, 4.69) is 16.6 Å². The lowest BCUT2D eigenvalue weighted by atomic mass is 9.83. The molecule has 2 aliphatic heterocycles. The number of primary amides is 1. The number of nitrogens with one attached hydrogen (secondary N) is 2. The summed E-state index contributed by atoms with van der Waals surface area (Å²) in [4.78, 5) is 127. The number of nitrogens with two attached hydrogens (primary N) is 1. The highest BCUT2D eigenvalue weighted by atomic mass is 32.2. The van der Waals surface area contributed by atoms with Crippen LogP contribution in [0.2, 0.25) is 0 Å². The Morgan fingerprint density at radius 1 is 0.736 bits per heavy atom. The van der Waals surface area contributed by atoms with E-state index in [0.717, 1.165) is 0 Å². The predicted molar refractivity (Wildman–Crippen MR) is 347 cm³/mol. The summed E-state index contributed by atoms with van der Waals surface area (Å²) in [7, 11) is 4.08. The number of nitrogens with zero attached hydrogens (tertiary/aromatic N) is 4. The van der Waals surface area contributed by atoms with Gasteiger partial charge in [-0.3, -0.25) is 52.8 Å². The molecule has 0 aliphatic carbocycles. The molecule has 1 fully saturated rings. The number of ketones is 3. The van der Waals surface area contributed by atoms with Crippen LogP contribution in [0.4, 0.5) is 0 Å². The van der Waals surface area contributed by atoms with E-state index in [1.54, 1.807) is 42.0 Å². The minimum absolute atomic E-state index is 0.00601. The Kier molecular flexibility index (Phi) is 34.7. The molecule has 1 saturated heterocycles. The number of carbonyl (C=O) groups excluding carboxylic acids is 9. The zero-order valence-electron chi connectivity index (χ0n) is 56.8. The van der Waals surface area contributed by atoms with E-state index in [4.69, 9.17) is 29.4 Å². The molecule has 4 N–H and O–H groups in total. The molecule has 0 unspecified atom stereocenters. The molecule has 6 amide bonds. The molecule has 2 heterocycles. The van der Waals surface area contributed by atoms with Gasteiger partial charge in [-0.1, -0.05) is 106 Å². The topological polar surface area (TPSA) is 297 Å². The fourth-order valence-electron chi connectivity index (χ4n) is 12.2. The first-order chi connectivity index (χ1) is 42.9. The Labute approximate surface area is 542 Å². The van der Waals surface area contributed by atoms with Crippen molar-refractivity contribution in [3.8, 4) is 0 Å². The molecule has 0 spiro atoms. The number of allylic oxidation sites excluding steroid dienone is 1. The van der Waals surface area contributed by atoms with E-state index in [0.29, 0.717) is 81.8 Å². The summed E-state index contributed by atoms with van der Waals surface area (Å²) in [5.74, 6) is -6.29. The minimum atomic E-state index is -4.29. The molecule has 2 aliphatic rings. The zero-order valence-corrected chi connectivity index (χ0v) is 57.6. The minimum Gasteiger partial charge on any atom is -0.379 e. The number of methoxy groups -OCH3 is 2. The first kappa shape index (κ1) is 79.5. The van der Waals surface area contributed by atoms with Crippen molar-refractivity contribution in [3.63, 3.8) is 0 Å². The SMILES string of the molecule is C=C1C=CC(=O)N1CCOCCOCCOCCC(=O)C[C@H](C(=O)N[C@@H](CCCCC(N)=O)C(=O)Cc1ccc(CS(=O)(=O)NC(=O)[C@H](C)[C@@H](OC)[C@@H]2CCCN2C(=O)C[C@@H](OC)[C@H]([C@@H](C)CC)N(C)C(=O)[C@@H](CC(=O)[C@H](C(C)C)N(C)C)C(C)C)cc1)C(C)C. The maximum absolute atomic E-state index is 14.5. The highest BCUT2D eigenvalue weighted by molar-refractivity contribution is 7.89. The molecule has 0 aromatic heterocycles. The van der Waals surface area contributed by atoms with Crippen LogP contribution >= 0.6 is 0 Å². The highest BCUT2D eigenvalue weighted by Gasteiger charge is 2.44. The number of unbranched alkanes of at least 4 members (excludes halogenated alkanes) is 1. The fourth-order valence-corrected chi connectivity index (χ4v) is 13.4. The summed E-state index contributed by atoms with van der Waals surface area (Å²) in [6.07, 6.45) is 4.21. The van der Waals surface area contributed by atoms with Crippen LogP contribution in [0.25, 0.3) is 0 Å². The molecule has 24 heteroatoms. The molecule has 0 saturated carbocycles. The van der Waals surface area contributed by atoms with E-state index >= 15 is 0 Å². The van der Waals surface area contributed by atoms with Gasteiger partial charge < -0.3 is 49.4 Å². The normalized spacial score (nSPS) is 17.5.